The first-order valence-corrected chi connectivity index (χ1v) is 10.9. The number of aromatic nitrogens is 2. The Morgan fingerprint density at radius 2 is 1.65 bits per heavy atom. The highest BCUT2D eigenvalue weighted by Gasteiger charge is 2.48. The second kappa shape index (κ2) is 7.52. The fourth-order valence-corrected chi connectivity index (χ4v) is 4.83. The van der Waals surface area contributed by atoms with Crippen LogP contribution in [-0.4, -0.2) is 47.2 Å². The van der Waals surface area contributed by atoms with E-state index in [0.29, 0.717) is 0 Å². The van der Waals surface area contributed by atoms with Gasteiger partial charge in [-0.3, -0.25) is 9.89 Å². The zero-order valence-corrected chi connectivity index (χ0v) is 18.0. The average Bonchev–Trinajstić information content (AvgIpc) is 3.50. The molecule has 0 unspecified atom stereocenters. The molecule has 160 valence electrons. The Bertz CT molecular complexity index is 1090. The van der Waals surface area contributed by atoms with E-state index >= 15 is 0 Å². The minimum atomic E-state index is -0.204. The van der Waals surface area contributed by atoms with Crippen LogP contribution in [0.25, 0.3) is 11.3 Å². The third kappa shape index (κ3) is 3.50. The molecule has 3 aromatic rings. The first kappa shape index (κ1) is 19.8. The highest BCUT2D eigenvalue weighted by molar-refractivity contribution is 5.73. The third-order valence-electron chi connectivity index (χ3n) is 6.87. The summed E-state index contributed by atoms with van der Waals surface area (Å²) in [5.74, 6) is -0.0572. The fourth-order valence-electron chi connectivity index (χ4n) is 4.83. The van der Waals surface area contributed by atoms with E-state index in [1.165, 1.54) is 17.8 Å². The zero-order valence-electron chi connectivity index (χ0n) is 18.0. The van der Waals surface area contributed by atoms with Crippen LogP contribution in [0.1, 0.15) is 36.6 Å². The molecule has 2 aliphatic rings. The summed E-state index contributed by atoms with van der Waals surface area (Å²) >= 11 is 0. The second-order valence-corrected chi connectivity index (χ2v) is 8.70. The maximum absolute atomic E-state index is 13.4. The van der Waals surface area contributed by atoms with Crippen molar-refractivity contribution in [1.29, 1.82) is 0 Å². The molecule has 0 bridgehead atoms. The van der Waals surface area contributed by atoms with Crippen molar-refractivity contribution in [2.24, 2.45) is 0 Å². The number of nitrogens with one attached hydrogen (secondary N) is 1. The maximum atomic E-state index is 13.4. The van der Waals surface area contributed by atoms with E-state index in [2.05, 4.69) is 46.3 Å². The lowest BCUT2D eigenvalue weighted by Gasteiger charge is -2.35. The molecule has 6 heteroatoms. The molecule has 1 aliphatic carbocycles. The van der Waals surface area contributed by atoms with Crippen molar-refractivity contribution < 1.29 is 9.18 Å². The minimum Gasteiger partial charge on any atom is -0.368 e. The highest BCUT2D eigenvalue weighted by Crippen LogP contribution is 2.54. The Morgan fingerprint density at radius 3 is 2.23 bits per heavy atom. The largest absolute Gasteiger partial charge is 0.368 e. The average molecular weight is 419 g/mol. The summed E-state index contributed by atoms with van der Waals surface area (Å²) in [7, 11) is 0. The molecule has 1 N–H and O–H groups in total. The standard InChI is InChI=1S/C25H27FN4O/c1-17-23(27-28-24(17)25(11-12-25)20-5-7-21(26)8-6-20)19-3-9-22(10-4-19)30-15-13-29(14-16-30)18(2)31/h3-10H,11-16H2,1-2H3,(H,27,28). The first-order valence-electron chi connectivity index (χ1n) is 10.9. The third-order valence-corrected chi connectivity index (χ3v) is 6.87. The first-order chi connectivity index (χ1) is 15.0. The molecule has 5 nitrogen and oxygen atoms in total. The normalized spacial score (nSPS) is 17.6. The molecule has 1 aliphatic heterocycles. The molecule has 2 fully saturated rings. The number of hydrogen-bond acceptors (Lipinski definition) is 3. The van der Waals surface area contributed by atoms with Gasteiger partial charge in [-0.2, -0.15) is 5.10 Å². The predicted molar refractivity (Wildman–Crippen MR) is 120 cm³/mol. The summed E-state index contributed by atoms with van der Waals surface area (Å²) in [6, 6.07) is 15.4. The van der Waals surface area contributed by atoms with Crippen molar-refractivity contribution >= 4 is 11.6 Å². The van der Waals surface area contributed by atoms with E-state index in [1.807, 2.05) is 17.0 Å². The van der Waals surface area contributed by atoms with Crippen molar-refractivity contribution in [2.75, 3.05) is 31.1 Å². The number of H-pyrrole nitrogens is 1. The maximum Gasteiger partial charge on any atom is 0.219 e. The van der Waals surface area contributed by atoms with E-state index in [9.17, 15) is 9.18 Å². The SMILES string of the molecule is CC(=O)N1CCN(c2ccc(-c3n[nH]c(C4(c5ccc(F)cc5)CC4)c3C)cc2)CC1. The molecule has 1 amide bonds. The van der Waals surface area contributed by atoms with Crippen LogP contribution in [-0.2, 0) is 10.2 Å². The molecule has 0 spiro atoms. The van der Waals surface area contributed by atoms with E-state index in [1.54, 1.807) is 6.92 Å². The molecule has 0 atom stereocenters. The summed E-state index contributed by atoms with van der Waals surface area (Å²) in [6.07, 6.45) is 2.10. The Hall–Kier alpha value is -3.15. The summed E-state index contributed by atoms with van der Waals surface area (Å²) in [5, 5.41) is 7.94. The number of carbonyl (C=O) groups excluding carboxylic acids is 1. The Balaban J connectivity index is 1.36. The van der Waals surface area contributed by atoms with E-state index < -0.39 is 0 Å². The summed E-state index contributed by atoms with van der Waals surface area (Å²) in [6.45, 7) is 6.99. The van der Waals surface area contributed by atoms with Gasteiger partial charge in [0, 0.05) is 55.5 Å². The Kier molecular flexibility index (Phi) is 4.80. The molecule has 2 heterocycles. The molecular formula is C25H27FN4O. The van der Waals surface area contributed by atoms with Gasteiger partial charge < -0.3 is 9.80 Å². The molecule has 0 radical (unpaired) electrons. The summed E-state index contributed by atoms with van der Waals surface area (Å²) in [5.41, 5.74) is 6.59. The van der Waals surface area contributed by atoms with Gasteiger partial charge in [-0.05, 0) is 55.2 Å². The summed E-state index contributed by atoms with van der Waals surface area (Å²) < 4.78 is 13.4. The van der Waals surface area contributed by atoms with E-state index in [-0.39, 0.29) is 17.1 Å². The molecular weight excluding hydrogens is 391 g/mol. The van der Waals surface area contributed by atoms with Crippen molar-refractivity contribution in [3.63, 3.8) is 0 Å². The predicted octanol–water partition coefficient (Wildman–Crippen LogP) is 4.27. The van der Waals surface area contributed by atoms with Crippen LogP contribution in [0.2, 0.25) is 0 Å². The van der Waals surface area contributed by atoms with Gasteiger partial charge in [-0.1, -0.05) is 24.3 Å². The van der Waals surface area contributed by atoms with Gasteiger partial charge in [0.15, 0.2) is 0 Å². The number of halogens is 1. The van der Waals surface area contributed by atoms with E-state index in [0.717, 1.165) is 67.1 Å². The van der Waals surface area contributed by atoms with Crippen LogP contribution in [0.5, 0.6) is 0 Å². The van der Waals surface area contributed by atoms with Crippen molar-refractivity contribution in [3.05, 3.63) is 71.2 Å². The number of rotatable bonds is 4. The van der Waals surface area contributed by atoms with Crippen molar-refractivity contribution in [3.8, 4) is 11.3 Å². The van der Waals surface area contributed by atoms with Gasteiger partial charge in [-0.15, -0.1) is 0 Å². The van der Waals surface area contributed by atoms with Crippen LogP contribution in [0.15, 0.2) is 48.5 Å². The lowest BCUT2D eigenvalue weighted by Crippen LogP contribution is -2.48. The van der Waals surface area contributed by atoms with E-state index in [4.69, 9.17) is 0 Å². The fraction of sp³-hybridized carbons (Fsp3) is 0.360. The second-order valence-electron chi connectivity index (χ2n) is 8.70. The number of aromatic amines is 1. The van der Waals surface area contributed by atoms with Gasteiger partial charge in [0.2, 0.25) is 5.91 Å². The van der Waals surface area contributed by atoms with Crippen LogP contribution >= 0.6 is 0 Å². The number of benzene rings is 2. The van der Waals surface area contributed by atoms with Crippen molar-refractivity contribution in [1.82, 2.24) is 15.1 Å². The number of nitrogens with zero attached hydrogens (tertiary/aromatic N) is 3. The number of piperazine rings is 1. The molecule has 1 aromatic heterocycles. The smallest absolute Gasteiger partial charge is 0.219 e. The van der Waals surface area contributed by atoms with Crippen LogP contribution in [0.3, 0.4) is 0 Å². The molecule has 5 rings (SSSR count). The lowest BCUT2D eigenvalue weighted by molar-refractivity contribution is -0.129. The monoisotopic (exact) mass is 418 g/mol. The lowest BCUT2D eigenvalue weighted by atomic mass is 9.89. The zero-order chi connectivity index (χ0) is 21.6. The van der Waals surface area contributed by atoms with Gasteiger partial charge in [-0.25, -0.2) is 4.39 Å². The highest BCUT2D eigenvalue weighted by atomic mass is 19.1. The van der Waals surface area contributed by atoms with Crippen LogP contribution < -0.4 is 4.90 Å². The number of anilines is 1. The quantitative estimate of drug-likeness (QED) is 0.688. The van der Waals surface area contributed by atoms with Gasteiger partial charge in [0.05, 0.1) is 5.69 Å². The topological polar surface area (TPSA) is 52.2 Å². The molecule has 31 heavy (non-hydrogen) atoms. The molecule has 1 saturated heterocycles. The molecule has 1 saturated carbocycles. The number of carbonyl (C=O) groups is 1. The van der Waals surface area contributed by atoms with Gasteiger partial charge >= 0.3 is 0 Å². The minimum absolute atomic E-state index is 0.0701. The Labute approximate surface area is 181 Å². The number of hydrogen-bond donors (Lipinski definition) is 1. The van der Waals surface area contributed by atoms with Crippen molar-refractivity contribution in [2.45, 2.75) is 32.1 Å². The van der Waals surface area contributed by atoms with Gasteiger partial charge in [0.1, 0.15) is 5.82 Å². The van der Waals surface area contributed by atoms with Gasteiger partial charge in [0.25, 0.3) is 0 Å². The van der Waals surface area contributed by atoms with Crippen LogP contribution in [0, 0.1) is 12.7 Å². The van der Waals surface area contributed by atoms with Crippen LogP contribution in [0.4, 0.5) is 10.1 Å². The number of amides is 1. The summed E-state index contributed by atoms with van der Waals surface area (Å²) in [4.78, 5) is 15.8. The molecule has 2 aromatic carbocycles. The Morgan fingerprint density at radius 1 is 1.00 bits per heavy atom.